The predicted molar refractivity (Wildman–Crippen MR) is 80.4 cm³/mol. The Morgan fingerprint density at radius 3 is 2.73 bits per heavy atom. The lowest BCUT2D eigenvalue weighted by molar-refractivity contribution is -0.385. The van der Waals surface area contributed by atoms with E-state index in [0.717, 1.165) is 23.4 Å². The van der Waals surface area contributed by atoms with Crippen LogP contribution in [0.1, 0.15) is 42.0 Å². The Hall–Kier alpha value is -2.88. The van der Waals surface area contributed by atoms with Crippen LogP contribution in [-0.2, 0) is 0 Å². The number of nitrogens with one attached hydrogen (secondary N) is 1. The molecule has 2 aromatic rings. The van der Waals surface area contributed by atoms with Crippen LogP contribution in [0.3, 0.4) is 0 Å². The van der Waals surface area contributed by atoms with Crippen molar-refractivity contribution in [2.24, 2.45) is 0 Å². The molecule has 2 rings (SSSR count). The summed E-state index contributed by atoms with van der Waals surface area (Å²) in [6.45, 7) is 5.73. The molecule has 0 saturated heterocycles. The Kier molecular flexibility index (Phi) is 4.41. The highest BCUT2D eigenvalue weighted by Crippen LogP contribution is 2.29. The Bertz CT molecular complexity index is 726. The number of anilines is 1. The number of aryl methyl sites for hydroxylation is 2. The molecule has 1 atom stereocenters. The average molecular weight is 300 g/mol. The average Bonchev–Trinajstić information content (AvgIpc) is 2.83. The summed E-state index contributed by atoms with van der Waals surface area (Å²) in [6, 6.07) is 6.23. The van der Waals surface area contributed by atoms with Crippen molar-refractivity contribution in [2.75, 3.05) is 5.32 Å². The predicted octanol–water partition coefficient (Wildman–Crippen LogP) is 3.63. The number of nitrogens with zero attached hydrogens (tertiary/aromatic N) is 3. The topological polar surface area (TPSA) is 105 Å². The molecule has 0 unspecified atom stereocenters. The zero-order valence-corrected chi connectivity index (χ0v) is 12.6. The molecule has 7 heteroatoms. The summed E-state index contributed by atoms with van der Waals surface area (Å²) in [6.07, 6.45) is 0.780. The van der Waals surface area contributed by atoms with Gasteiger partial charge in [-0.2, -0.15) is 5.26 Å². The molecule has 0 aliphatic carbocycles. The van der Waals surface area contributed by atoms with Crippen molar-refractivity contribution in [3.8, 4) is 6.07 Å². The van der Waals surface area contributed by atoms with E-state index in [-0.39, 0.29) is 17.3 Å². The van der Waals surface area contributed by atoms with Crippen molar-refractivity contribution in [3.05, 3.63) is 50.9 Å². The van der Waals surface area contributed by atoms with Gasteiger partial charge in [0.05, 0.1) is 16.7 Å². The highest BCUT2D eigenvalue weighted by atomic mass is 16.6. The van der Waals surface area contributed by atoms with Gasteiger partial charge >= 0.3 is 0 Å². The van der Waals surface area contributed by atoms with E-state index in [1.54, 1.807) is 6.07 Å². The second-order valence-electron chi connectivity index (χ2n) is 4.94. The summed E-state index contributed by atoms with van der Waals surface area (Å²) >= 11 is 0. The number of benzene rings is 1. The first kappa shape index (κ1) is 15.5. The molecule has 7 nitrogen and oxygen atoms in total. The molecule has 1 aromatic carbocycles. The molecule has 0 spiro atoms. The Labute approximate surface area is 127 Å². The summed E-state index contributed by atoms with van der Waals surface area (Å²) in [4.78, 5) is 10.3. The lowest BCUT2D eigenvalue weighted by atomic mass is 10.0. The van der Waals surface area contributed by atoms with Crippen LogP contribution in [0.15, 0.2) is 22.7 Å². The molecule has 0 radical (unpaired) electrons. The SMILES string of the molecule is CC[C@H](Nc1ccc([N+](=O)[O-])c(C#N)c1)c1c(C)noc1C. The van der Waals surface area contributed by atoms with Crippen molar-refractivity contribution in [1.29, 1.82) is 5.26 Å². The van der Waals surface area contributed by atoms with E-state index in [1.165, 1.54) is 12.1 Å². The number of nitro benzene ring substituents is 1. The maximum atomic E-state index is 10.9. The van der Waals surface area contributed by atoms with Crippen LogP contribution in [0, 0.1) is 35.3 Å². The van der Waals surface area contributed by atoms with Crippen LogP contribution in [0.25, 0.3) is 0 Å². The minimum Gasteiger partial charge on any atom is -0.378 e. The van der Waals surface area contributed by atoms with Gasteiger partial charge in [-0.05, 0) is 32.4 Å². The minimum atomic E-state index is -0.562. The monoisotopic (exact) mass is 300 g/mol. The van der Waals surface area contributed by atoms with Crippen LogP contribution in [-0.4, -0.2) is 10.1 Å². The molecular formula is C15H16N4O3. The lowest BCUT2D eigenvalue weighted by Gasteiger charge is -2.18. The maximum Gasteiger partial charge on any atom is 0.287 e. The van der Waals surface area contributed by atoms with Gasteiger partial charge in [-0.1, -0.05) is 12.1 Å². The van der Waals surface area contributed by atoms with E-state index in [9.17, 15) is 10.1 Å². The first-order valence-corrected chi connectivity index (χ1v) is 6.85. The standard InChI is InChI=1S/C15H16N4O3/c1-4-13(15-9(2)18-22-10(15)3)17-12-5-6-14(19(20)21)11(7-12)8-16/h5-7,13,17H,4H2,1-3H3/t13-/m0/s1. The molecule has 0 amide bonds. The van der Waals surface area contributed by atoms with Crippen LogP contribution in [0.4, 0.5) is 11.4 Å². The van der Waals surface area contributed by atoms with Crippen LogP contribution in [0.2, 0.25) is 0 Å². The van der Waals surface area contributed by atoms with Gasteiger partial charge < -0.3 is 9.84 Å². The van der Waals surface area contributed by atoms with Gasteiger partial charge in [0.1, 0.15) is 17.4 Å². The van der Waals surface area contributed by atoms with E-state index in [2.05, 4.69) is 10.5 Å². The number of hydrogen-bond donors (Lipinski definition) is 1. The van der Waals surface area contributed by atoms with Gasteiger partial charge in [0, 0.05) is 17.3 Å². The van der Waals surface area contributed by atoms with Crippen molar-refractivity contribution >= 4 is 11.4 Å². The largest absolute Gasteiger partial charge is 0.378 e. The molecular weight excluding hydrogens is 284 g/mol. The third-order valence-electron chi connectivity index (χ3n) is 3.50. The number of aromatic nitrogens is 1. The van der Waals surface area contributed by atoms with Gasteiger partial charge in [0.15, 0.2) is 0 Å². The lowest BCUT2D eigenvalue weighted by Crippen LogP contribution is -2.11. The fraction of sp³-hybridized carbons (Fsp3) is 0.333. The van der Waals surface area contributed by atoms with Crippen molar-refractivity contribution < 1.29 is 9.45 Å². The minimum absolute atomic E-state index is 0.0311. The fourth-order valence-electron chi connectivity index (χ4n) is 2.44. The molecule has 0 aliphatic heterocycles. The second kappa shape index (κ2) is 6.26. The Morgan fingerprint density at radius 2 is 2.23 bits per heavy atom. The molecule has 1 N–H and O–H groups in total. The molecule has 0 bridgehead atoms. The smallest absolute Gasteiger partial charge is 0.287 e. The van der Waals surface area contributed by atoms with Gasteiger partial charge in [-0.3, -0.25) is 10.1 Å². The molecule has 0 fully saturated rings. The number of rotatable bonds is 5. The van der Waals surface area contributed by atoms with E-state index in [4.69, 9.17) is 9.78 Å². The van der Waals surface area contributed by atoms with Crippen molar-refractivity contribution in [2.45, 2.75) is 33.2 Å². The van der Waals surface area contributed by atoms with Crippen LogP contribution < -0.4 is 5.32 Å². The van der Waals surface area contributed by atoms with Crippen molar-refractivity contribution in [1.82, 2.24) is 5.16 Å². The third kappa shape index (κ3) is 2.91. The maximum absolute atomic E-state index is 10.9. The summed E-state index contributed by atoms with van der Waals surface area (Å²) in [7, 11) is 0. The Morgan fingerprint density at radius 1 is 1.50 bits per heavy atom. The quantitative estimate of drug-likeness (QED) is 0.667. The summed E-state index contributed by atoms with van der Waals surface area (Å²) in [5.74, 6) is 0.735. The van der Waals surface area contributed by atoms with Crippen LogP contribution in [0.5, 0.6) is 0 Å². The first-order chi connectivity index (χ1) is 10.5. The molecule has 1 aromatic heterocycles. The second-order valence-corrected chi connectivity index (χ2v) is 4.94. The molecule has 22 heavy (non-hydrogen) atoms. The molecule has 114 valence electrons. The third-order valence-corrected chi connectivity index (χ3v) is 3.50. The fourth-order valence-corrected chi connectivity index (χ4v) is 2.44. The van der Waals surface area contributed by atoms with Crippen molar-refractivity contribution in [3.63, 3.8) is 0 Å². The number of nitriles is 1. The Balaban J connectivity index is 2.33. The highest BCUT2D eigenvalue weighted by molar-refractivity contribution is 5.59. The molecule has 1 heterocycles. The zero-order valence-electron chi connectivity index (χ0n) is 12.6. The van der Waals surface area contributed by atoms with E-state index >= 15 is 0 Å². The molecule has 0 aliphatic rings. The van der Waals surface area contributed by atoms with E-state index in [1.807, 2.05) is 26.8 Å². The van der Waals surface area contributed by atoms with Gasteiger partial charge in [-0.25, -0.2) is 0 Å². The van der Waals surface area contributed by atoms with Crippen LogP contribution >= 0.6 is 0 Å². The highest BCUT2D eigenvalue weighted by Gasteiger charge is 2.20. The normalized spacial score (nSPS) is 11.7. The summed E-state index contributed by atoms with van der Waals surface area (Å²) in [5, 5.41) is 27.1. The molecule has 0 saturated carbocycles. The van der Waals surface area contributed by atoms with E-state index < -0.39 is 4.92 Å². The number of hydrogen-bond acceptors (Lipinski definition) is 6. The zero-order chi connectivity index (χ0) is 16.3. The number of nitro groups is 1. The summed E-state index contributed by atoms with van der Waals surface area (Å²) < 4.78 is 5.18. The summed E-state index contributed by atoms with van der Waals surface area (Å²) in [5.41, 5.74) is 2.26. The van der Waals surface area contributed by atoms with Gasteiger partial charge in [0.25, 0.3) is 5.69 Å². The van der Waals surface area contributed by atoms with Gasteiger partial charge in [-0.15, -0.1) is 0 Å². The van der Waals surface area contributed by atoms with Gasteiger partial charge in [0.2, 0.25) is 0 Å². The van der Waals surface area contributed by atoms with E-state index in [0.29, 0.717) is 5.69 Å². The first-order valence-electron chi connectivity index (χ1n) is 6.85.